The first-order chi connectivity index (χ1) is 11.4. The van der Waals surface area contributed by atoms with Gasteiger partial charge in [0.1, 0.15) is 6.33 Å². The van der Waals surface area contributed by atoms with Crippen molar-refractivity contribution >= 4 is 5.91 Å². The molecular formula is C16H14F3N3O2. The van der Waals surface area contributed by atoms with Gasteiger partial charge < -0.3 is 10.0 Å². The summed E-state index contributed by atoms with van der Waals surface area (Å²) in [4.78, 5) is 21.5. The highest BCUT2D eigenvalue weighted by Crippen LogP contribution is 2.36. The van der Waals surface area contributed by atoms with E-state index in [-0.39, 0.29) is 18.5 Å². The lowest BCUT2D eigenvalue weighted by molar-refractivity contribution is -0.137. The Balaban J connectivity index is 1.93. The maximum Gasteiger partial charge on any atom is 0.416 e. The maximum atomic E-state index is 12.9. The van der Waals surface area contributed by atoms with Gasteiger partial charge in [0.05, 0.1) is 23.3 Å². The summed E-state index contributed by atoms with van der Waals surface area (Å²) in [7, 11) is 0. The van der Waals surface area contributed by atoms with E-state index in [0.29, 0.717) is 5.56 Å². The number of aliphatic hydroxyl groups is 1. The number of carbonyl (C=O) groups excluding carboxylic acids is 1. The molecule has 0 saturated carbocycles. The van der Waals surface area contributed by atoms with Gasteiger partial charge in [-0.3, -0.25) is 4.79 Å². The van der Waals surface area contributed by atoms with Crippen molar-refractivity contribution in [1.82, 2.24) is 14.9 Å². The van der Waals surface area contributed by atoms with E-state index in [1.165, 1.54) is 35.8 Å². The van der Waals surface area contributed by atoms with Crippen LogP contribution in [0.15, 0.2) is 43.0 Å². The summed E-state index contributed by atoms with van der Waals surface area (Å²) < 4.78 is 38.7. The molecule has 0 bridgehead atoms. The second-order valence-corrected chi connectivity index (χ2v) is 5.61. The molecule has 0 unspecified atom stereocenters. The van der Waals surface area contributed by atoms with Gasteiger partial charge in [-0.15, -0.1) is 0 Å². The lowest BCUT2D eigenvalue weighted by Crippen LogP contribution is -2.32. The van der Waals surface area contributed by atoms with Crippen LogP contribution >= 0.6 is 0 Å². The smallest absolute Gasteiger partial charge is 0.391 e. The minimum Gasteiger partial charge on any atom is -0.391 e. The van der Waals surface area contributed by atoms with Crippen LogP contribution in [0.2, 0.25) is 0 Å². The number of aliphatic hydroxyl groups excluding tert-OH is 1. The van der Waals surface area contributed by atoms with Crippen molar-refractivity contribution in [3.63, 3.8) is 0 Å². The van der Waals surface area contributed by atoms with E-state index in [1.807, 2.05) is 0 Å². The quantitative estimate of drug-likeness (QED) is 0.914. The molecule has 5 nitrogen and oxygen atoms in total. The average molecular weight is 337 g/mol. The highest BCUT2D eigenvalue weighted by atomic mass is 19.4. The van der Waals surface area contributed by atoms with E-state index < -0.39 is 29.8 Å². The molecule has 1 aromatic carbocycles. The SMILES string of the molecule is O=C(c1cncnc1)N1C[C@H](O)C[C@H]1c1cccc(C(F)(F)F)c1. The zero-order chi connectivity index (χ0) is 17.3. The Bertz CT molecular complexity index is 737. The number of hydrogen-bond donors (Lipinski definition) is 1. The normalized spacial score (nSPS) is 21.1. The van der Waals surface area contributed by atoms with Crippen LogP contribution < -0.4 is 0 Å². The molecule has 126 valence electrons. The van der Waals surface area contributed by atoms with Gasteiger partial charge in [0.2, 0.25) is 0 Å². The van der Waals surface area contributed by atoms with E-state index in [1.54, 1.807) is 0 Å². The number of alkyl halides is 3. The third kappa shape index (κ3) is 3.23. The molecule has 1 aliphatic rings. The molecule has 1 N–H and O–H groups in total. The molecule has 0 spiro atoms. The minimum absolute atomic E-state index is 0.0502. The fourth-order valence-corrected chi connectivity index (χ4v) is 2.85. The lowest BCUT2D eigenvalue weighted by atomic mass is 10.0. The van der Waals surface area contributed by atoms with Crippen molar-refractivity contribution in [3.8, 4) is 0 Å². The van der Waals surface area contributed by atoms with Crippen LogP contribution in [0.4, 0.5) is 13.2 Å². The second-order valence-electron chi connectivity index (χ2n) is 5.61. The van der Waals surface area contributed by atoms with Crippen molar-refractivity contribution in [2.24, 2.45) is 0 Å². The van der Waals surface area contributed by atoms with Gasteiger partial charge in [-0.05, 0) is 24.1 Å². The van der Waals surface area contributed by atoms with Gasteiger partial charge >= 0.3 is 6.18 Å². The maximum absolute atomic E-state index is 12.9. The van der Waals surface area contributed by atoms with Crippen molar-refractivity contribution in [2.75, 3.05) is 6.54 Å². The fourth-order valence-electron chi connectivity index (χ4n) is 2.85. The van der Waals surface area contributed by atoms with E-state index in [2.05, 4.69) is 9.97 Å². The number of hydrogen-bond acceptors (Lipinski definition) is 4. The molecule has 2 aromatic rings. The number of rotatable bonds is 2. The number of aromatic nitrogens is 2. The van der Waals surface area contributed by atoms with Crippen LogP contribution in [0.1, 0.15) is 33.9 Å². The molecule has 1 fully saturated rings. The van der Waals surface area contributed by atoms with Crippen LogP contribution in [-0.4, -0.2) is 38.5 Å². The second kappa shape index (κ2) is 6.20. The highest BCUT2D eigenvalue weighted by Gasteiger charge is 2.37. The Morgan fingerprint density at radius 2 is 1.96 bits per heavy atom. The largest absolute Gasteiger partial charge is 0.416 e. The Labute approximate surface area is 135 Å². The number of nitrogens with zero attached hydrogens (tertiary/aromatic N) is 3. The molecule has 1 aliphatic heterocycles. The van der Waals surface area contributed by atoms with Gasteiger partial charge in [0, 0.05) is 18.9 Å². The van der Waals surface area contributed by atoms with Gasteiger partial charge in [-0.2, -0.15) is 13.2 Å². The summed E-state index contributed by atoms with van der Waals surface area (Å²) in [5, 5.41) is 9.91. The van der Waals surface area contributed by atoms with Crippen LogP contribution in [0.5, 0.6) is 0 Å². The van der Waals surface area contributed by atoms with Crippen molar-refractivity contribution < 1.29 is 23.1 Å². The molecular weight excluding hydrogens is 323 g/mol. The lowest BCUT2D eigenvalue weighted by Gasteiger charge is -2.25. The first kappa shape index (κ1) is 16.4. The molecule has 1 aromatic heterocycles. The molecule has 1 amide bonds. The van der Waals surface area contributed by atoms with Gasteiger partial charge in [0.15, 0.2) is 0 Å². The van der Waals surface area contributed by atoms with Gasteiger partial charge in [-0.1, -0.05) is 12.1 Å². The van der Waals surface area contributed by atoms with Crippen molar-refractivity contribution in [1.29, 1.82) is 0 Å². The Hall–Kier alpha value is -2.48. The number of amides is 1. The number of carbonyl (C=O) groups is 1. The average Bonchev–Trinajstić information content (AvgIpc) is 2.96. The topological polar surface area (TPSA) is 66.3 Å². The zero-order valence-corrected chi connectivity index (χ0v) is 12.4. The third-order valence-electron chi connectivity index (χ3n) is 3.95. The minimum atomic E-state index is -4.46. The Morgan fingerprint density at radius 3 is 2.62 bits per heavy atom. The fraction of sp³-hybridized carbons (Fsp3) is 0.312. The summed E-state index contributed by atoms with van der Waals surface area (Å²) in [5.41, 5.74) is -0.216. The van der Waals surface area contributed by atoms with Crippen LogP contribution in [0.25, 0.3) is 0 Å². The molecule has 2 atom stereocenters. The molecule has 1 saturated heterocycles. The zero-order valence-electron chi connectivity index (χ0n) is 12.4. The van der Waals surface area contributed by atoms with Gasteiger partial charge in [-0.25, -0.2) is 9.97 Å². The summed E-state index contributed by atoms with van der Waals surface area (Å²) in [5.74, 6) is -0.422. The molecule has 24 heavy (non-hydrogen) atoms. The highest BCUT2D eigenvalue weighted by molar-refractivity contribution is 5.94. The number of benzene rings is 1. The van der Waals surface area contributed by atoms with Crippen LogP contribution in [0.3, 0.4) is 0 Å². The van der Waals surface area contributed by atoms with Crippen LogP contribution in [0, 0.1) is 0 Å². The van der Waals surface area contributed by atoms with E-state index in [9.17, 15) is 23.1 Å². The molecule has 2 heterocycles. The third-order valence-corrected chi connectivity index (χ3v) is 3.95. The first-order valence-electron chi connectivity index (χ1n) is 7.27. The standard InChI is InChI=1S/C16H14F3N3O2/c17-16(18,19)12-3-1-2-10(4-12)14-5-13(23)8-22(14)15(24)11-6-20-9-21-7-11/h1-4,6-7,9,13-14,23H,5,8H2/t13-,14+/m1/s1. The summed E-state index contributed by atoms with van der Waals surface area (Å²) >= 11 is 0. The summed E-state index contributed by atoms with van der Waals surface area (Å²) in [6.45, 7) is 0.0502. The number of likely N-dealkylation sites (tertiary alicyclic amines) is 1. The van der Waals surface area contributed by atoms with Crippen LogP contribution in [-0.2, 0) is 6.18 Å². The summed E-state index contributed by atoms with van der Waals surface area (Å²) in [6, 6.07) is 4.20. The van der Waals surface area contributed by atoms with E-state index in [4.69, 9.17) is 0 Å². The number of halogens is 3. The Kier molecular flexibility index (Phi) is 4.23. The summed E-state index contributed by atoms with van der Waals surface area (Å²) in [6.07, 6.45) is -1.12. The first-order valence-corrected chi connectivity index (χ1v) is 7.27. The van der Waals surface area contributed by atoms with E-state index in [0.717, 1.165) is 12.1 Å². The number of β-amino-alcohol motifs (C(OH)–C–C–N with tert-alkyl or cyclic N) is 1. The predicted molar refractivity (Wildman–Crippen MR) is 77.9 cm³/mol. The predicted octanol–water partition coefficient (Wildman–Crippen LogP) is 2.44. The Morgan fingerprint density at radius 1 is 1.25 bits per heavy atom. The molecule has 8 heteroatoms. The van der Waals surface area contributed by atoms with Gasteiger partial charge in [0.25, 0.3) is 5.91 Å². The van der Waals surface area contributed by atoms with Crippen molar-refractivity contribution in [3.05, 3.63) is 59.7 Å². The molecule has 0 radical (unpaired) electrons. The van der Waals surface area contributed by atoms with Crippen molar-refractivity contribution in [2.45, 2.75) is 24.7 Å². The van der Waals surface area contributed by atoms with E-state index >= 15 is 0 Å². The molecule has 3 rings (SSSR count). The monoisotopic (exact) mass is 337 g/mol. The molecule has 0 aliphatic carbocycles.